The van der Waals surface area contributed by atoms with Gasteiger partial charge >= 0.3 is 0 Å². The molecule has 17 heavy (non-hydrogen) atoms. The number of aryl methyl sites for hydroxylation is 1. The zero-order chi connectivity index (χ0) is 12.3. The van der Waals surface area contributed by atoms with Crippen molar-refractivity contribution in [1.82, 2.24) is 10.3 Å². The predicted molar refractivity (Wildman–Crippen MR) is 76.9 cm³/mol. The van der Waals surface area contributed by atoms with E-state index in [1.807, 2.05) is 11.3 Å². The summed E-state index contributed by atoms with van der Waals surface area (Å²) in [4.78, 5) is 6.03. The van der Waals surface area contributed by atoms with Gasteiger partial charge in [-0.15, -0.1) is 11.3 Å². The quantitative estimate of drug-likeness (QED) is 0.875. The van der Waals surface area contributed by atoms with Gasteiger partial charge in [-0.2, -0.15) is 11.3 Å². The highest BCUT2D eigenvalue weighted by Crippen LogP contribution is 2.32. The van der Waals surface area contributed by atoms with Crippen LogP contribution in [0.15, 0.2) is 16.8 Å². The molecule has 2 aromatic heterocycles. The van der Waals surface area contributed by atoms with Gasteiger partial charge in [0.1, 0.15) is 5.01 Å². The van der Waals surface area contributed by atoms with Gasteiger partial charge in [-0.25, -0.2) is 4.98 Å². The zero-order valence-corrected chi connectivity index (χ0v) is 12.1. The largest absolute Gasteiger partial charge is 0.309 e. The number of nitrogens with one attached hydrogen (secondary N) is 1. The van der Waals surface area contributed by atoms with Crippen molar-refractivity contribution in [2.24, 2.45) is 0 Å². The Hall–Kier alpha value is -0.710. The molecule has 1 N–H and O–H groups in total. The fraction of sp³-hybridized carbons (Fsp3) is 0.462. The normalized spacial score (nSPS) is 12.9. The lowest BCUT2D eigenvalue weighted by Gasteiger charge is -2.11. The van der Waals surface area contributed by atoms with Crippen molar-refractivity contribution in [3.05, 3.63) is 27.4 Å². The number of aromatic nitrogens is 1. The van der Waals surface area contributed by atoms with Crippen molar-refractivity contribution in [1.29, 1.82) is 0 Å². The average molecular weight is 266 g/mol. The van der Waals surface area contributed by atoms with E-state index in [1.54, 1.807) is 11.3 Å². The highest BCUT2D eigenvalue weighted by molar-refractivity contribution is 7.15. The van der Waals surface area contributed by atoms with E-state index in [-0.39, 0.29) is 0 Å². The summed E-state index contributed by atoms with van der Waals surface area (Å²) in [5, 5.41) is 8.92. The molecule has 0 aliphatic carbocycles. The molecule has 0 saturated heterocycles. The fourth-order valence-electron chi connectivity index (χ4n) is 1.77. The molecule has 92 valence electrons. The summed E-state index contributed by atoms with van der Waals surface area (Å²) in [6, 6.07) is 2.54. The summed E-state index contributed by atoms with van der Waals surface area (Å²) in [5.74, 6) is 0. The SMILES string of the molecule is CCCNC(C)c1sc(-c2ccsc2)nc1C. The van der Waals surface area contributed by atoms with Gasteiger partial charge in [0.2, 0.25) is 0 Å². The lowest BCUT2D eigenvalue weighted by Crippen LogP contribution is -2.18. The van der Waals surface area contributed by atoms with Crippen LogP contribution in [-0.4, -0.2) is 11.5 Å². The molecule has 0 saturated carbocycles. The molecule has 0 aliphatic heterocycles. The summed E-state index contributed by atoms with van der Waals surface area (Å²) in [6.45, 7) is 7.57. The molecule has 2 heterocycles. The van der Waals surface area contributed by atoms with Crippen molar-refractivity contribution in [3.63, 3.8) is 0 Å². The Labute approximate surface area is 111 Å². The Morgan fingerprint density at radius 2 is 2.29 bits per heavy atom. The standard InChI is InChI=1S/C13H18N2S2/c1-4-6-14-9(2)12-10(3)15-13(17-12)11-5-7-16-8-11/h5,7-9,14H,4,6H2,1-3H3. The molecule has 2 rings (SSSR count). The third-order valence-corrected chi connectivity index (χ3v) is 4.77. The van der Waals surface area contributed by atoms with Crippen LogP contribution in [0.2, 0.25) is 0 Å². The minimum atomic E-state index is 0.403. The maximum atomic E-state index is 4.67. The van der Waals surface area contributed by atoms with Gasteiger partial charge in [0.15, 0.2) is 0 Å². The second-order valence-corrected chi connectivity index (χ2v) is 5.97. The average Bonchev–Trinajstić information content (AvgIpc) is 2.94. The monoisotopic (exact) mass is 266 g/mol. The number of thiophene rings is 1. The first-order valence-electron chi connectivity index (χ1n) is 5.95. The van der Waals surface area contributed by atoms with Gasteiger partial charge in [-0.3, -0.25) is 0 Å². The van der Waals surface area contributed by atoms with Crippen LogP contribution >= 0.6 is 22.7 Å². The Morgan fingerprint density at radius 1 is 1.47 bits per heavy atom. The first-order chi connectivity index (χ1) is 8.22. The van der Waals surface area contributed by atoms with E-state index in [0.29, 0.717) is 6.04 Å². The maximum Gasteiger partial charge on any atom is 0.124 e. The third kappa shape index (κ3) is 2.94. The summed E-state index contributed by atoms with van der Waals surface area (Å²) < 4.78 is 0. The molecule has 2 aromatic rings. The van der Waals surface area contributed by atoms with Crippen LogP contribution in [0.3, 0.4) is 0 Å². The lowest BCUT2D eigenvalue weighted by molar-refractivity contribution is 0.575. The van der Waals surface area contributed by atoms with Gasteiger partial charge in [0.05, 0.1) is 5.69 Å². The molecule has 0 amide bonds. The number of hydrogen-bond donors (Lipinski definition) is 1. The topological polar surface area (TPSA) is 24.9 Å². The van der Waals surface area contributed by atoms with Crippen LogP contribution in [0.1, 0.15) is 36.9 Å². The third-order valence-electron chi connectivity index (χ3n) is 2.69. The molecule has 4 heteroatoms. The van der Waals surface area contributed by atoms with Crippen LogP contribution in [0.25, 0.3) is 10.6 Å². The van der Waals surface area contributed by atoms with Crippen molar-refractivity contribution < 1.29 is 0 Å². The van der Waals surface area contributed by atoms with Gasteiger partial charge < -0.3 is 5.32 Å². The Morgan fingerprint density at radius 3 is 2.94 bits per heavy atom. The molecule has 0 radical (unpaired) electrons. The number of nitrogens with zero attached hydrogens (tertiary/aromatic N) is 1. The molecule has 2 nitrogen and oxygen atoms in total. The predicted octanol–water partition coefficient (Wildman–Crippen LogP) is 4.24. The molecule has 0 bridgehead atoms. The summed E-state index contributed by atoms with van der Waals surface area (Å²) >= 11 is 3.53. The van der Waals surface area contributed by atoms with Crippen molar-refractivity contribution in [2.45, 2.75) is 33.2 Å². The van der Waals surface area contributed by atoms with Crippen LogP contribution in [0.4, 0.5) is 0 Å². The van der Waals surface area contributed by atoms with Gasteiger partial charge in [-0.1, -0.05) is 6.92 Å². The molecule has 0 fully saturated rings. The minimum absolute atomic E-state index is 0.403. The summed E-state index contributed by atoms with van der Waals surface area (Å²) in [5.41, 5.74) is 2.41. The molecule has 0 aliphatic rings. The molecule has 1 atom stereocenters. The van der Waals surface area contributed by atoms with E-state index >= 15 is 0 Å². The van der Waals surface area contributed by atoms with Crippen LogP contribution < -0.4 is 5.32 Å². The maximum absolute atomic E-state index is 4.67. The first-order valence-corrected chi connectivity index (χ1v) is 7.71. The molecular formula is C13H18N2S2. The highest BCUT2D eigenvalue weighted by atomic mass is 32.1. The van der Waals surface area contributed by atoms with Gasteiger partial charge in [-0.05, 0) is 38.3 Å². The second-order valence-electron chi connectivity index (χ2n) is 4.16. The van der Waals surface area contributed by atoms with E-state index in [2.05, 4.69) is 47.9 Å². The molecule has 1 unspecified atom stereocenters. The fourth-order valence-corrected chi connectivity index (χ4v) is 3.58. The first kappa shape index (κ1) is 12.7. The van der Waals surface area contributed by atoms with Crippen LogP contribution in [0.5, 0.6) is 0 Å². The van der Waals surface area contributed by atoms with Crippen LogP contribution in [-0.2, 0) is 0 Å². The number of hydrogen-bond acceptors (Lipinski definition) is 4. The van der Waals surface area contributed by atoms with E-state index < -0.39 is 0 Å². The Balaban J connectivity index is 2.19. The number of thiazole rings is 1. The van der Waals surface area contributed by atoms with E-state index in [0.717, 1.165) is 17.2 Å². The molecule has 0 spiro atoms. The van der Waals surface area contributed by atoms with E-state index in [1.165, 1.54) is 16.9 Å². The highest BCUT2D eigenvalue weighted by Gasteiger charge is 2.14. The Bertz CT molecular complexity index is 460. The van der Waals surface area contributed by atoms with Gasteiger partial charge in [0.25, 0.3) is 0 Å². The van der Waals surface area contributed by atoms with Gasteiger partial charge in [0, 0.05) is 21.9 Å². The summed E-state index contributed by atoms with van der Waals surface area (Å²) in [7, 11) is 0. The molecule has 0 aromatic carbocycles. The number of rotatable bonds is 5. The lowest BCUT2D eigenvalue weighted by atomic mass is 10.2. The summed E-state index contributed by atoms with van der Waals surface area (Å²) in [6.07, 6.45) is 1.17. The second kappa shape index (κ2) is 5.76. The van der Waals surface area contributed by atoms with Crippen molar-refractivity contribution in [2.75, 3.05) is 6.54 Å². The van der Waals surface area contributed by atoms with Crippen LogP contribution in [0, 0.1) is 6.92 Å². The molecular weight excluding hydrogens is 248 g/mol. The van der Waals surface area contributed by atoms with Crippen molar-refractivity contribution >= 4 is 22.7 Å². The smallest absolute Gasteiger partial charge is 0.124 e. The van der Waals surface area contributed by atoms with E-state index in [9.17, 15) is 0 Å². The van der Waals surface area contributed by atoms with Crippen molar-refractivity contribution in [3.8, 4) is 10.6 Å². The Kier molecular flexibility index (Phi) is 4.31. The minimum Gasteiger partial charge on any atom is -0.309 e. The zero-order valence-electron chi connectivity index (χ0n) is 10.5. The van der Waals surface area contributed by atoms with E-state index in [4.69, 9.17) is 0 Å².